The largest absolute Gasteiger partial charge is 0.452 e. The molecule has 1 amide bonds. The van der Waals surface area contributed by atoms with Crippen molar-refractivity contribution in [2.45, 2.75) is 32.9 Å². The lowest BCUT2D eigenvalue weighted by Crippen LogP contribution is -2.33. The molecule has 0 saturated carbocycles. The van der Waals surface area contributed by atoms with Gasteiger partial charge in [-0.15, -0.1) is 0 Å². The summed E-state index contributed by atoms with van der Waals surface area (Å²) >= 11 is 0. The number of carbonyl (C=O) groups excluding carboxylic acids is 2. The second kappa shape index (κ2) is 9.87. The first-order valence-electron chi connectivity index (χ1n) is 11.3. The molecule has 34 heavy (non-hydrogen) atoms. The number of esters is 1. The number of ether oxygens (including phenoxy) is 1. The molecule has 0 aliphatic heterocycles. The molecule has 0 spiro atoms. The van der Waals surface area contributed by atoms with E-state index in [2.05, 4.69) is 5.10 Å². The van der Waals surface area contributed by atoms with Crippen molar-refractivity contribution in [1.29, 1.82) is 0 Å². The molecular formula is C27H28N4O3. The topological polar surface area (TPSA) is 77.3 Å². The van der Waals surface area contributed by atoms with Gasteiger partial charge in [0.2, 0.25) is 0 Å². The first-order valence-corrected chi connectivity index (χ1v) is 11.3. The summed E-state index contributed by atoms with van der Waals surface area (Å²) in [7, 11) is 1.71. The fourth-order valence-corrected chi connectivity index (χ4v) is 3.80. The van der Waals surface area contributed by atoms with Gasteiger partial charge in [-0.05, 0) is 32.4 Å². The van der Waals surface area contributed by atoms with Crippen LogP contribution in [0.15, 0.2) is 72.9 Å². The van der Waals surface area contributed by atoms with Crippen LogP contribution in [0.5, 0.6) is 0 Å². The average Bonchev–Trinajstić information content (AvgIpc) is 3.31. The number of rotatable bonds is 7. The highest BCUT2D eigenvalue weighted by Crippen LogP contribution is 2.27. The van der Waals surface area contributed by atoms with Crippen molar-refractivity contribution in [3.8, 4) is 11.3 Å². The Labute approximate surface area is 199 Å². The summed E-state index contributed by atoms with van der Waals surface area (Å²) in [6, 6.07) is 21.0. The summed E-state index contributed by atoms with van der Waals surface area (Å²) in [5.74, 6) is -0.863. The van der Waals surface area contributed by atoms with E-state index in [1.807, 2.05) is 81.4 Å². The monoisotopic (exact) mass is 456 g/mol. The SMILES string of the molecule is CC(c1ccccc1)N(C)C(=O)COC(=O)c1cc(-c2ccccc2)nc2c1cnn2C(C)C. The number of carbonyl (C=O) groups is 2. The number of amides is 1. The highest BCUT2D eigenvalue weighted by atomic mass is 16.5. The molecule has 0 aliphatic carbocycles. The minimum absolute atomic E-state index is 0.0644. The molecule has 0 N–H and O–H groups in total. The number of fused-ring (bicyclic) bond motifs is 1. The number of nitrogens with zero attached hydrogens (tertiary/aromatic N) is 4. The Morgan fingerprint density at radius 3 is 2.29 bits per heavy atom. The number of pyridine rings is 1. The fourth-order valence-electron chi connectivity index (χ4n) is 3.80. The number of hydrogen-bond acceptors (Lipinski definition) is 5. The molecule has 0 fully saturated rings. The maximum absolute atomic E-state index is 13.1. The van der Waals surface area contributed by atoms with E-state index in [-0.39, 0.29) is 24.6 Å². The first kappa shape index (κ1) is 23.2. The van der Waals surface area contributed by atoms with Crippen molar-refractivity contribution in [3.63, 3.8) is 0 Å². The van der Waals surface area contributed by atoms with Gasteiger partial charge in [-0.2, -0.15) is 5.10 Å². The Morgan fingerprint density at radius 2 is 1.65 bits per heavy atom. The first-order chi connectivity index (χ1) is 16.4. The Hall–Kier alpha value is -4.00. The van der Waals surface area contributed by atoms with Crippen molar-refractivity contribution in [1.82, 2.24) is 19.7 Å². The van der Waals surface area contributed by atoms with Gasteiger partial charge in [0.25, 0.3) is 5.91 Å². The summed E-state index contributed by atoms with van der Waals surface area (Å²) in [6.07, 6.45) is 1.62. The number of benzene rings is 2. The summed E-state index contributed by atoms with van der Waals surface area (Å²) in [4.78, 5) is 32.2. The van der Waals surface area contributed by atoms with E-state index in [4.69, 9.17) is 9.72 Å². The molecule has 0 aliphatic rings. The molecule has 2 heterocycles. The molecule has 0 bridgehead atoms. The summed E-state index contributed by atoms with van der Waals surface area (Å²) in [5.41, 5.74) is 3.46. The molecule has 2 aromatic carbocycles. The average molecular weight is 457 g/mol. The smallest absolute Gasteiger partial charge is 0.339 e. The van der Waals surface area contributed by atoms with Crippen LogP contribution in [0.3, 0.4) is 0 Å². The fraction of sp³-hybridized carbons (Fsp3) is 0.259. The van der Waals surface area contributed by atoms with Gasteiger partial charge in [-0.1, -0.05) is 60.7 Å². The highest BCUT2D eigenvalue weighted by Gasteiger charge is 2.22. The Morgan fingerprint density at radius 1 is 1.00 bits per heavy atom. The molecule has 2 aromatic heterocycles. The minimum atomic E-state index is -0.581. The van der Waals surface area contributed by atoms with E-state index in [1.54, 1.807) is 28.9 Å². The van der Waals surface area contributed by atoms with Crippen LogP contribution >= 0.6 is 0 Å². The van der Waals surface area contributed by atoms with Crippen molar-refractivity contribution >= 4 is 22.9 Å². The van der Waals surface area contributed by atoms with E-state index >= 15 is 0 Å². The van der Waals surface area contributed by atoms with Crippen molar-refractivity contribution in [2.75, 3.05) is 13.7 Å². The van der Waals surface area contributed by atoms with Crippen LogP contribution in [0.1, 0.15) is 48.8 Å². The van der Waals surface area contributed by atoms with Crippen LogP contribution in [0.2, 0.25) is 0 Å². The Balaban J connectivity index is 1.59. The standard InChI is InChI=1S/C27H28N4O3/c1-18(2)31-26-23(16-28-31)22(15-24(29-26)21-13-9-6-10-14-21)27(33)34-17-25(32)30(4)19(3)20-11-7-5-8-12-20/h5-16,18-19H,17H2,1-4H3. The van der Waals surface area contributed by atoms with Crippen LogP contribution < -0.4 is 0 Å². The summed E-state index contributed by atoms with van der Waals surface area (Å²) in [6.45, 7) is 5.59. The van der Waals surface area contributed by atoms with Gasteiger partial charge in [-0.25, -0.2) is 14.5 Å². The highest BCUT2D eigenvalue weighted by molar-refractivity contribution is 6.04. The lowest BCUT2D eigenvalue weighted by atomic mass is 10.1. The second-order valence-corrected chi connectivity index (χ2v) is 8.51. The minimum Gasteiger partial charge on any atom is -0.452 e. The van der Waals surface area contributed by atoms with Crippen molar-refractivity contribution in [2.24, 2.45) is 0 Å². The second-order valence-electron chi connectivity index (χ2n) is 8.51. The van der Waals surface area contributed by atoms with Gasteiger partial charge in [0, 0.05) is 18.7 Å². The molecule has 1 unspecified atom stereocenters. The number of aromatic nitrogens is 3. The third-order valence-corrected chi connectivity index (χ3v) is 5.93. The molecular weight excluding hydrogens is 428 g/mol. The zero-order valence-electron chi connectivity index (χ0n) is 19.8. The lowest BCUT2D eigenvalue weighted by molar-refractivity contribution is -0.135. The maximum Gasteiger partial charge on any atom is 0.339 e. The number of hydrogen-bond donors (Lipinski definition) is 0. The van der Waals surface area contributed by atoms with Crippen molar-refractivity contribution < 1.29 is 14.3 Å². The van der Waals surface area contributed by atoms with Crippen LogP contribution in [-0.2, 0) is 9.53 Å². The van der Waals surface area contributed by atoms with Gasteiger partial charge < -0.3 is 9.64 Å². The van der Waals surface area contributed by atoms with Crippen LogP contribution in [0.25, 0.3) is 22.3 Å². The van der Waals surface area contributed by atoms with Gasteiger partial charge in [0.1, 0.15) is 0 Å². The van der Waals surface area contributed by atoms with Gasteiger partial charge in [-0.3, -0.25) is 4.79 Å². The van der Waals surface area contributed by atoms with Gasteiger partial charge >= 0.3 is 5.97 Å². The predicted molar refractivity (Wildman–Crippen MR) is 131 cm³/mol. The van der Waals surface area contributed by atoms with E-state index in [0.29, 0.717) is 22.3 Å². The molecule has 0 saturated heterocycles. The number of likely N-dealkylation sites (N-methyl/N-ethyl adjacent to an activating group) is 1. The van der Waals surface area contributed by atoms with E-state index < -0.39 is 5.97 Å². The van der Waals surface area contributed by atoms with Crippen LogP contribution in [0.4, 0.5) is 0 Å². The zero-order chi connectivity index (χ0) is 24.2. The molecule has 7 nitrogen and oxygen atoms in total. The quantitative estimate of drug-likeness (QED) is 0.364. The maximum atomic E-state index is 13.1. The Kier molecular flexibility index (Phi) is 6.72. The molecule has 4 aromatic rings. The molecule has 1 atom stereocenters. The van der Waals surface area contributed by atoms with E-state index in [1.165, 1.54) is 0 Å². The van der Waals surface area contributed by atoms with E-state index in [9.17, 15) is 9.59 Å². The molecule has 7 heteroatoms. The van der Waals surface area contributed by atoms with Gasteiger partial charge in [0.05, 0.1) is 28.9 Å². The summed E-state index contributed by atoms with van der Waals surface area (Å²) < 4.78 is 7.25. The van der Waals surface area contributed by atoms with Crippen LogP contribution in [-0.4, -0.2) is 45.2 Å². The third kappa shape index (κ3) is 4.69. The summed E-state index contributed by atoms with van der Waals surface area (Å²) in [5, 5.41) is 5.02. The Bertz CT molecular complexity index is 1300. The van der Waals surface area contributed by atoms with E-state index in [0.717, 1.165) is 11.1 Å². The zero-order valence-corrected chi connectivity index (χ0v) is 19.8. The molecule has 4 rings (SSSR count). The normalized spacial score (nSPS) is 12.0. The third-order valence-electron chi connectivity index (χ3n) is 5.93. The van der Waals surface area contributed by atoms with Crippen LogP contribution in [0, 0.1) is 0 Å². The predicted octanol–water partition coefficient (Wildman–Crippen LogP) is 5.06. The molecule has 0 radical (unpaired) electrons. The lowest BCUT2D eigenvalue weighted by Gasteiger charge is -2.25. The van der Waals surface area contributed by atoms with Crippen molar-refractivity contribution in [3.05, 3.63) is 84.1 Å². The molecule has 174 valence electrons. The van der Waals surface area contributed by atoms with Gasteiger partial charge in [0.15, 0.2) is 12.3 Å².